The summed E-state index contributed by atoms with van der Waals surface area (Å²) in [5.41, 5.74) is 1.15. The first-order chi connectivity index (χ1) is 16.8. The van der Waals surface area contributed by atoms with E-state index in [1.807, 2.05) is 38.1 Å². The molecule has 0 heterocycles. The molecule has 0 fully saturated rings. The van der Waals surface area contributed by atoms with Crippen molar-refractivity contribution in [2.45, 2.75) is 19.8 Å². The molecule has 0 N–H and O–H groups in total. The van der Waals surface area contributed by atoms with Gasteiger partial charge in [0.1, 0.15) is 17.4 Å². The van der Waals surface area contributed by atoms with Gasteiger partial charge >= 0.3 is 11.9 Å². The minimum absolute atomic E-state index is 0.179. The molecule has 0 radical (unpaired) electrons. The lowest BCUT2D eigenvalue weighted by molar-refractivity contribution is 0.0494. The van der Waals surface area contributed by atoms with Crippen molar-refractivity contribution < 1.29 is 27.8 Å². The Labute approximate surface area is 202 Å². The normalized spacial score (nSPS) is 10.9. The molecule has 0 aromatic heterocycles. The summed E-state index contributed by atoms with van der Waals surface area (Å²) in [6, 6.07) is 14.2. The van der Waals surface area contributed by atoms with Crippen molar-refractivity contribution >= 4 is 29.0 Å². The number of ether oxygens (including phenoxy) is 2. The summed E-state index contributed by atoms with van der Waals surface area (Å²) in [6.07, 6.45) is 1.49. The first-order valence-corrected chi connectivity index (χ1v) is 11.0. The van der Waals surface area contributed by atoms with Crippen LogP contribution in [0.5, 0.6) is 5.75 Å². The molecule has 3 aromatic carbocycles. The SMILES string of the molecule is CCCCOC(=O)c1ccc(OC(=O)c2ccc(N=Nc3ccc(N(C)C)cc3)cc2F)cc1F. The molecule has 0 saturated carbocycles. The Morgan fingerprint density at radius 3 is 2.06 bits per heavy atom. The van der Waals surface area contributed by atoms with Crippen molar-refractivity contribution in [3.8, 4) is 5.75 Å². The molecule has 0 unspecified atom stereocenters. The van der Waals surface area contributed by atoms with E-state index in [1.54, 1.807) is 12.1 Å². The van der Waals surface area contributed by atoms with Gasteiger partial charge in [0, 0.05) is 31.9 Å². The van der Waals surface area contributed by atoms with E-state index in [4.69, 9.17) is 9.47 Å². The molecule has 0 aliphatic heterocycles. The molecule has 0 bridgehead atoms. The van der Waals surface area contributed by atoms with E-state index in [1.165, 1.54) is 18.2 Å². The van der Waals surface area contributed by atoms with Gasteiger partial charge < -0.3 is 14.4 Å². The van der Waals surface area contributed by atoms with Crippen LogP contribution in [0, 0.1) is 11.6 Å². The van der Waals surface area contributed by atoms with Crippen molar-refractivity contribution in [3.05, 3.63) is 83.4 Å². The quantitative estimate of drug-likeness (QED) is 0.148. The zero-order valence-corrected chi connectivity index (χ0v) is 19.6. The zero-order valence-electron chi connectivity index (χ0n) is 19.6. The maximum absolute atomic E-state index is 14.5. The summed E-state index contributed by atoms with van der Waals surface area (Å²) in [7, 11) is 3.84. The fourth-order valence-corrected chi connectivity index (χ4v) is 2.94. The summed E-state index contributed by atoms with van der Waals surface area (Å²) in [5.74, 6) is -3.79. The molecular formula is C26H25F2N3O4. The van der Waals surface area contributed by atoms with Gasteiger partial charge in [-0.1, -0.05) is 13.3 Å². The Morgan fingerprint density at radius 2 is 1.43 bits per heavy atom. The highest BCUT2D eigenvalue weighted by molar-refractivity contribution is 5.92. The number of azo groups is 1. The molecule has 0 saturated heterocycles. The third-order valence-electron chi connectivity index (χ3n) is 4.92. The summed E-state index contributed by atoms with van der Waals surface area (Å²) >= 11 is 0. The summed E-state index contributed by atoms with van der Waals surface area (Å²) in [5, 5.41) is 8.05. The number of carbonyl (C=O) groups excluding carboxylic acids is 2. The van der Waals surface area contributed by atoms with Crippen LogP contribution in [0.25, 0.3) is 0 Å². The highest BCUT2D eigenvalue weighted by atomic mass is 19.1. The highest BCUT2D eigenvalue weighted by Crippen LogP contribution is 2.24. The van der Waals surface area contributed by atoms with E-state index in [0.717, 1.165) is 30.3 Å². The minimum Gasteiger partial charge on any atom is -0.462 e. The Bertz CT molecular complexity index is 1230. The topological polar surface area (TPSA) is 80.6 Å². The van der Waals surface area contributed by atoms with Crippen LogP contribution in [0.1, 0.15) is 40.5 Å². The van der Waals surface area contributed by atoms with Gasteiger partial charge in [-0.05, 0) is 55.0 Å². The van der Waals surface area contributed by atoms with Gasteiger partial charge in [0.2, 0.25) is 0 Å². The number of rotatable bonds is 9. The van der Waals surface area contributed by atoms with Gasteiger partial charge in [-0.15, -0.1) is 0 Å². The third kappa shape index (κ3) is 6.92. The van der Waals surface area contributed by atoms with Crippen LogP contribution >= 0.6 is 0 Å². The lowest BCUT2D eigenvalue weighted by Crippen LogP contribution is -2.12. The predicted molar refractivity (Wildman–Crippen MR) is 128 cm³/mol. The lowest BCUT2D eigenvalue weighted by atomic mass is 10.2. The maximum atomic E-state index is 14.5. The molecule has 7 nitrogen and oxygen atoms in total. The maximum Gasteiger partial charge on any atom is 0.346 e. The third-order valence-corrected chi connectivity index (χ3v) is 4.92. The van der Waals surface area contributed by atoms with Crippen LogP contribution in [-0.2, 0) is 4.74 Å². The van der Waals surface area contributed by atoms with Gasteiger partial charge in [-0.3, -0.25) is 0 Å². The minimum atomic E-state index is -1.03. The number of hydrogen-bond acceptors (Lipinski definition) is 7. The number of nitrogens with zero attached hydrogens (tertiary/aromatic N) is 3. The molecule has 3 rings (SSSR count). The van der Waals surface area contributed by atoms with E-state index in [9.17, 15) is 18.4 Å². The molecule has 9 heteroatoms. The van der Waals surface area contributed by atoms with Gasteiger partial charge in [0.15, 0.2) is 0 Å². The number of unbranched alkanes of at least 4 members (excludes halogenated alkanes) is 1. The fourth-order valence-electron chi connectivity index (χ4n) is 2.94. The smallest absolute Gasteiger partial charge is 0.346 e. The average Bonchev–Trinajstić information content (AvgIpc) is 2.83. The van der Waals surface area contributed by atoms with Crippen molar-refractivity contribution in [1.29, 1.82) is 0 Å². The first kappa shape index (κ1) is 25.5. The first-order valence-electron chi connectivity index (χ1n) is 11.0. The Hall–Kier alpha value is -4.14. The van der Waals surface area contributed by atoms with E-state index in [-0.39, 0.29) is 29.2 Å². The molecule has 182 valence electrons. The summed E-state index contributed by atoms with van der Waals surface area (Å²) < 4.78 is 38.9. The van der Waals surface area contributed by atoms with Crippen LogP contribution in [0.2, 0.25) is 0 Å². The Morgan fingerprint density at radius 1 is 0.829 bits per heavy atom. The number of hydrogen-bond donors (Lipinski definition) is 0. The Balaban J connectivity index is 1.65. The summed E-state index contributed by atoms with van der Waals surface area (Å²) in [6.45, 7) is 2.12. The van der Waals surface area contributed by atoms with E-state index >= 15 is 0 Å². The van der Waals surface area contributed by atoms with E-state index in [2.05, 4.69) is 10.2 Å². The number of esters is 2. The Kier molecular flexibility index (Phi) is 8.61. The predicted octanol–water partition coefficient (Wildman–Crippen LogP) is 6.62. The molecule has 35 heavy (non-hydrogen) atoms. The van der Waals surface area contributed by atoms with Crippen LogP contribution in [0.15, 0.2) is 70.9 Å². The van der Waals surface area contributed by atoms with Gasteiger partial charge in [-0.2, -0.15) is 10.2 Å². The molecule has 0 aliphatic rings. The summed E-state index contributed by atoms with van der Waals surface area (Å²) in [4.78, 5) is 26.2. The molecular weight excluding hydrogens is 456 g/mol. The van der Waals surface area contributed by atoms with Gasteiger partial charge in [-0.25, -0.2) is 18.4 Å². The van der Waals surface area contributed by atoms with Crippen LogP contribution < -0.4 is 9.64 Å². The van der Waals surface area contributed by atoms with Crippen molar-refractivity contribution in [2.24, 2.45) is 10.2 Å². The highest BCUT2D eigenvalue weighted by Gasteiger charge is 2.18. The van der Waals surface area contributed by atoms with Crippen molar-refractivity contribution in [2.75, 3.05) is 25.6 Å². The zero-order chi connectivity index (χ0) is 25.4. The van der Waals surface area contributed by atoms with Crippen LogP contribution in [-0.4, -0.2) is 32.6 Å². The van der Waals surface area contributed by atoms with E-state index in [0.29, 0.717) is 12.1 Å². The van der Waals surface area contributed by atoms with Crippen LogP contribution in [0.4, 0.5) is 25.8 Å². The molecule has 3 aromatic rings. The second kappa shape index (κ2) is 11.8. The fraction of sp³-hybridized carbons (Fsp3) is 0.231. The monoisotopic (exact) mass is 481 g/mol. The van der Waals surface area contributed by atoms with Crippen molar-refractivity contribution in [3.63, 3.8) is 0 Å². The van der Waals surface area contributed by atoms with Gasteiger partial charge in [0.05, 0.1) is 29.1 Å². The number of anilines is 1. The molecule has 0 amide bonds. The molecule has 0 atom stereocenters. The number of carbonyl (C=O) groups is 2. The van der Waals surface area contributed by atoms with E-state index < -0.39 is 23.6 Å². The second-order valence-electron chi connectivity index (χ2n) is 7.80. The average molecular weight is 481 g/mol. The van der Waals surface area contributed by atoms with Crippen LogP contribution in [0.3, 0.4) is 0 Å². The molecule has 0 spiro atoms. The second-order valence-corrected chi connectivity index (χ2v) is 7.80. The molecule has 0 aliphatic carbocycles. The lowest BCUT2D eigenvalue weighted by Gasteiger charge is -2.11. The van der Waals surface area contributed by atoms with Gasteiger partial charge in [0.25, 0.3) is 0 Å². The number of benzene rings is 3. The standard InChI is InChI=1S/C26H25F2N3O4/c1-4-5-14-34-25(32)21-13-11-20(16-24(21)28)35-26(33)22-12-8-18(15-23(22)27)30-29-17-6-9-19(10-7-17)31(2)3/h6-13,15-16H,4-5,14H2,1-3H3. The number of halogens is 2. The van der Waals surface area contributed by atoms with Crippen molar-refractivity contribution in [1.82, 2.24) is 0 Å². The largest absolute Gasteiger partial charge is 0.462 e.